The fraction of sp³-hybridized carbons (Fsp3) is 0.417. The molecule has 0 aliphatic heterocycles. The number of aryl methyl sites for hydroxylation is 2. The zero-order valence-electron chi connectivity index (χ0n) is 9.90. The van der Waals surface area contributed by atoms with Crippen molar-refractivity contribution in [2.24, 2.45) is 12.8 Å². The van der Waals surface area contributed by atoms with Crippen LogP contribution in [0, 0.1) is 6.92 Å². The van der Waals surface area contributed by atoms with Crippen molar-refractivity contribution < 1.29 is 0 Å². The molecule has 1 aromatic heterocycles. The Balaban J connectivity index is 2.81. The number of para-hydroxylation sites is 1. The number of imidazole rings is 1. The molecular weight excluding hydrogens is 202 g/mol. The van der Waals surface area contributed by atoms with E-state index in [9.17, 15) is 4.79 Å². The first-order valence-corrected chi connectivity index (χ1v) is 5.42. The van der Waals surface area contributed by atoms with E-state index in [4.69, 9.17) is 5.73 Å². The van der Waals surface area contributed by atoms with E-state index < -0.39 is 0 Å². The molecule has 0 fully saturated rings. The van der Waals surface area contributed by atoms with Crippen molar-refractivity contribution in [3.05, 3.63) is 34.2 Å². The Morgan fingerprint density at radius 3 is 2.75 bits per heavy atom. The minimum atomic E-state index is -0.0251. The molecule has 0 spiro atoms. The van der Waals surface area contributed by atoms with Gasteiger partial charge in [0.2, 0.25) is 0 Å². The third-order valence-corrected chi connectivity index (χ3v) is 2.84. The van der Waals surface area contributed by atoms with E-state index in [1.807, 2.05) is 32.0 Å². The fourth-order valence-electron chi connectivity index (χ4n) is 2.10. The van der Waals surface area contributed by atoms with E-state index >= 15 is 0 Å². The van der Waals surface area contributed by atoms with Crippen LogP contribution < -0.4 is 11.4 Å². The maximum atomic E-state index is 12.0. The van der Waals surface area contributed by atoms with Crippen LogP contribution in [0.15, 0.2) is 23.0 Å². The number of hydrogen-bond donors (Lipinski definition) is 1. The molecule has 0 aliphatic carbocycles. The number of nitrogens with zero attached hydrogens (tertiary/aromatic N) is 2. The number of rotatable bonds is 2. The summed E-state index contributed by atoms with van der Waals surface area (Å²) in [6.07, 6.45) is 0. The molecule has 86 valence electrons. The van der Waals surface area contributed by atoms with Gasteiger partial charge in [0, 0.05) is 19.6 Å². The highest BCUT2D eigenvalue weighted by Gasteiger charge is 2.12. The van der Waals surface area contributed by atoms with Gasteiger partial charge >= 0.3 is 5.69 Å². The van der Waals surface area contributed by atoms with Gasteiger partial charge in [-0.3, -0.25) is 9.13 Å². The molecule has 2 aromatic rings. The molecule has 0 bridgehead atoms. The molecule has 1 atom stereocenters. The van der Waals surface area contributed by atoms with Crippen molar-refractivity contribution in [3.8, 4) is 0 Å². The second-order valence-corrected chi connectivity index (χ2v) is 4.37. The summed E-state index contributed by atoms with van der Waals surface area (Å²) in [6.45, 7) is 4.48. The lowest BCUT2D eigenvalue weighted by molar-refractivity contribution is 0.577. The summed E-state index contributed by atoms with van der Waals surface area (Å²) in [7, 11) is 1.79. The summed E-state index contributed by atoms with van der Waals surface area (Å²) in [6, 6.07) is 5.91. The summed E-state index contributed by atoms with van der Waals surface area (Å²) >= 11 is 0. The van der Waals surface area contributed by atoms with Gasteiger partial charge < -0.3 is 5.73 Å². The van der Waals surface area contributed by atoms with E-state index in [0.29, 0.717) is 6.54 Å². The standard InChI is InChI=1S/C12H17N3O/c1-8-5-4-6-10-11(8)15(7-9(2)13)12(16)14(10)3/h4-6,9H,7,13H2,1-3H3. The number of benzene rings is 1. The van der Waals surface area contributed by atoms with Crippen molar-refractivity contribution in [1.82, 2.24) is 9.13 Å². The van der Waals surface area contributed by atoms with E-state index in [1.54, 1.807) is 16.2 Å². The number of fused-ring (bicyclic) bond motifs is 1. The normalized spacial score (nSPS) is 13.2. The van der Waals surface area contributed by atoms with Crippen LogP contribution in [0.5, 0.6) is 0 Å². The van der Waals surface area contributed by atoms with Crippen LogP contribution >= 0.6 is 0 Å². The average molecular weight is 219 g/mol. The van der Waals surface area contributed by atoms with E-state index in [-0.39, 0.29) is 11.7 Å². The Kier molecular flexibility index (Phi) is 2.59. The second kappa shape index (κ2) is 3.79. The van der Waals surface area contributed by atoms with Gasteiger partial charge in [-0.25, -0.2) is 4.79 Å². The van der Waals surface area contributed by atoms with Crippen LogP contribution in [0.3, 0.4) is 0 Å². The Morgan fingerprint density at radius 2 is 2.12 bits per heavy atom. The van der Waals surface area contributed by atoms with Crippen LogP contribution in [-0.2, 0) is 13.6 Å². The molecule has 0 aliphatic rings. The van der Waals surface area contributed by atoms with Crippen LogP contribution in [0.25, 0.3) is 11.0 Å². The van der Waals surface area contributed by atoms with Gasteiger partial charge in [-0.05, 0) is 25.5 Å². The molecule has 2 rings (SSSR count). The molecule has 0 saturated heterocycles. The maximum absolute atomic E-state index is 12.0. The number of aromatic nitrogens is 2. The summed E-state index contributed by atoms with van der Waals surface area (Å²) in [5.74, 6) is 0. The SMILES string of the molecule is Cc1cccc2c1n(CC(C)N)c(=O)n2C. The average Bonchev–Trinajstić information content (AvgIpc) is 2.45. The summed E-state index contributed by atoms with van der Waals surface area (Å²) in [4.78, 5) is 12.0. The molecule has 0 amide bonds. The van der Waals surface area contributed by atoms with Crippen molar-refractivity contribution in [3.63, 3.8) is 0 Å². The van der Waals surface area contributed by atoms with E-state index in [0.717, 1.165) is 16.6 Å². The molecule has 1 heterocycles. The number of hydrogen-bond acceptors (Lipinski definition) is 2. The highest BCUT2D eigenvalue weighted by Crippen LogP contribution is 2.16. The quantitative estimate of drug-likeness (QED) is 0.819. The van der Waals surface area contributed by atoms with Gasteiger partial charge in [0.1, 0.15) is 0 Å². The van der Waals surface area contributed by atoms with Gasteiger partial charge in [0.25, 0.3) is 0 Å². The highest BCUT2D eigenvalue weighted by molar-refractivity contribution is 5.79. The highest BCUT2D eigenvalue weighted by atomic mass is 16.1. The van der Waals surface area contributed by atoms with Crippen molar-refractivity contribution in [2.75, 3.05) is 0 Å². The Labute approximate surface area is 94.3 Å². The first-order valence-electron chi connectivity index (χ1n) is 5.42. The second-order valence-electron chi connectivity index (χ2n) is 4.37. The lowest BCUT2D eigenvalue weighted by atomic mass is 10.2. The van der Waals surface area contributed by atoms with Gasteiger partial charge in [-0.1, -0.05) is 12.1 Å². The molecule has 16 heavy (non-hydrogen) atoms. The van der Waals surface area contributed by atoms with E-state index in [1.165, 1.54) is 0 Å². The molecule has 1 aromatic carbocycles. The predicted molar refractivity (Wildman–Crippen MR) is 65.6 cm³/mol. The molecule has 4 heteroatoms. The van der Waals surface area contributed by atoms with Crippen molar-refractivity contribution in [1.29, 1.82) is 0 Å². The predicted octanol–water partition coefficient (Wildman–Crippen LogP) is 0.996. The molecule has 1 unspecified atom stereocenters. The molecule has 0 radical (unpaired) electrons. The third-order valence-electron chi connectivity index (χ3n) is 2.84. The first-order chi connectivity index (χ1) is 7.52. The van der Waals surface area contributed by atoms with Gasteiger partial charge in [0.05, 0.1) is 11.0 Å². The van der Waals surface area contributed by atoms with Gasteiger partial charge in [-0.2, -0.15) is 0 Å². The minimum Gasteiger partial charge on any atom is -0.326 e. The van der Waals surface area contributed by atoms with Crippen LogP contribution in [0.1, 0.15) is 12.5 Å². The minimum absolute atomic E-state index is 0.00148. The lowest BCUT2D eigenvalue weighted by Crippen LogP contribution is -2.30. The van der Waals surface area contributed by atoms with Crippen molar-refractivity contribution >= 4 is 11.0 Å². The summed E-state index contributed by atoms with van der Waals surface area (Å²) in [5, 5.41) is 0. The van der Waals surface area contributed by atoms with E-state index in [2.05, 4.69) is 0 Å². The first kappa shape index (κ1) is 11.0. The maximum Gasteiger partial charge on any atom is 0.328 e. The monoisotopic (exact) mass is 219 g/mol. The smallest absolute Gasteiger partial charge is 0.326 e. The summed E-state index contributed by atoms with van der Waals surface area (Å²) in [5.41, 5.74) is 8.84. The zero-order chi connectivity index (χ0) is 11.9. The van der Waals surface area contributed by atoms with Gasteiger partial charge in [-0.15, -0.1) is 0 Å². The van der Waals surface area contributed by atoms with Crippen LogP contribution in [0.4, 0.5) is 0 Å². The molecule has 0 saturated carbocycles. The number of nitrogens with two attached hydrogens (primary N) is 1. The van der Waals surface area contributed by atoms with Gasteiger partial charge in [0.15, 0.2) is 0 Å². The van der Waals surface area contributed by atoms with Crippen LogP contribution in [0.2, 0.25) is 0 Å². The fourth-order valence-corrected chi connectivity index (χ4v) is 2.10. The lowest BCUT2D eigenvalue weighted by Gasteiger charge is -2.07. The molecule has 4 nitrogen and oxygen atoms in total. The topological polar surface area (TPSA) is 52.9 Å². The van der Waals surface area contributed by atoms with Crippen molar-refractivity contribution in [2.45, 2.75) is 26.4 Å². The summed E-state index contributed by atoms with van der Waals surface area (Å²) < 4.78 is 3.43. The Hall–Kier alpha value is -1.55. The molecule has 2 N–H and O–H groups in total. The Bertz CT molecular complexity index is 578. The zero-order valence-corrected chi connectivity index (χ0v) is 9.90. The van der Waals surface area contributed by atoms with Crippen LogP contribution in [-0.4, -0.2) is 15.2 Å². The Morgan fingerprint density at radius 1 is 1.44 bits per heavy atom. The third kappa shape index (κ3) is 1.55. The largest absolute Gasteiger partial charge is 0.328 e. The molecular formula is C12H17N3O.